The number of carboxylic acids is 1. The summed E-state index contributed by atoms with van der Waals surface area (Å²) in [5.74, 6) is -1.85. The molecule has 3 aromatic carbocycles. The second-order valence-corrected chi connectivity index (χ2v) is 10.9. The van der Waals surface area contributed by atoms with Gasteiger partial charge >= 0.3 is 5.97 Å². The normalized spacial score (nSPS) is 17.5. The maximum absolute atomic E-state index is 13.2. The molecule has 178 valence electrons. The summed E-state index contributed by atoms with van der Waals surface area (Å²) in [6, 6.07) is 15.0. The highest BCUT2D eigenvalue weighted by atomic mass is 35.5. The highest BCUT2D eigenvalue weighted by Crippen LogP contribution is 2.30. The van der Waals surface area contributed by atoms with Crippen LogP contribution in [-0.4, -0.2) is 48.3 Å². The lowest BCUT2D eigenvalue weighted by atomic mass is 10.0. The third kappa shape index (κ3) is 5.20. The van der Waals surface area contributed by atoms with Crippen LogP contribution in [0.3, 0.4) is 0 Å². The molecule has 0 spiro atoms. The SMILES string of the molecule is O=C(O)[C@H](Cc1ccc2ccccc2c1)NC(=O)[C@@H]1CCCN1S(=O)(=O)c1cc(Cl)cc(Cl)c1. The Balaban J connectivity index is 1.53. The molecule has 0 radical (unpaired) electrons. The topological polar surface area (TPSA) is 104 Å². The van der Waals surface area contributed by atoms with Crippen LogP contribution in [0, 0.1) is 0 Å². The Hall–Kier alpha value is -2.65. The van der Waals surface area contributed by atoms with Gasteiger partial charge in [0.1, 0.15) is 12.1 Å². The first kappa shape index (κ1) is 24.5. The van der Waals surface area contributed by atoms with Gasteiger partial charge in [-0.25, -0.2) is 13.2 Å². The van der Waals surface area contributed by atoms with E-state index in [1.165, 1.54) is 18.2 Å². The number of hydrogen-bond acceptors (Lipinski definition) is 4. The number of aliphatic carboxylic acids is 1. The summed E-state index contributed by atoms with van der Waals surface area (Å²) in [4.78, 5) is 24.9. The molecule has 0 unspecified atom stereocenters. The van der Waals surface area contributed by atoms with E-state index >= 15 is 0 Å². The molecule has 1 heterocycles. The molecule has 0 saturated carbocycles. The van der Waals surface area contributed by atoms with Crippen LogP contribution in [0.1, 0.15) is 18.4 Å². The van der Waals surface area contributed by atoms with Crippen LogP contribution < -0.4 is 5.32 Å². The predicted molar refractivity (Wildman–Crippen MR) is 131 cm³/mol. The fourth-order valence-electron chi connectivity index (χ4n) is 4.17. The van der Waals surface area contributed by atoms with Crippen molar-refractivity contribution in [1.29, 1.82) is 0 Å². The smallest absolute Gasteiger partial charge is 0.326 e. The lowest BCUT2D eigenvalue weighted by Gasteiger charge is -2.25. The molecule has 1 fully saturated rings. The molecular weight excluding hydrogens is 499 g/mol. The van der Waals surface area contributed by atoms with Gasteiger partial charge in [-0.2, -0.15) is 4.31 Å². The zero-order chi connectivity index (χ0) is 24.5. The summed E-state index contributed by atoms with van der Waals surface area (Å²) in [6.45, 7) is 0.132. The third-order valence-electron chi connectivity index (χ3n) is 5.82. The molecule has 2 N–H and O–H groups in total. The van der Waals surface area contributed by atoms with E-state index in [2.05, 4.69) is 5.32 Å². The monoisotopic (exact) mass is 520 g/mol. The molecule has 4 rings (SSSR count). The number of nitrogens with zero attached hydrogens (tertiary/aromatic N) is 1. The van der Waals surface area contributed by atoms with Crippen LogP contribution in [0.15, 0.2) is 65.6 Å². The summed E-state index contributed by atoms with van der Waals surface area (Å²) >= 11 is 11.9. The van der Waals surface area contributed by atoms with Gasteiger partial charge in [0.2, 0.25) is 15.9 Å². The Morgan fingerprint density at radius 3 is 2.38 bits per heavy atom. The average molecular weight is 521 g/mol. The Bertz CT molecular complexity index is 1340. The van der Waals surface area contributed by atoms with Crippen LogP contribution in [-0.2, 0) is 26.0 Å². The van der Waals surface area contributed by atoms with E-state index in [1.807, 2.05) is 42.5 Å². The standard InChI is InChI=1S/C24H22Cl2N2O5S/c25-18-12-19(26)14-20(13-18)34(32,33)28-9-3-6-22(28)23(29)27-21(24(30)31)11-15-7-8-16-4-1-2-5-17(16)10-15/h1-2,4-5,7-8,10,12-14,21-22H,3,6,9,11H2,(H,27,29)(H,30,31)/t21-,22-/m0/s1. The van der Waals surface area contributed by atoms with Crippen molar-refractivity contribution in [2.75, 3.05) is 6.54 Å². The molecule has 3 aromatic rings. The van der Waals surface area contributed by atoms with E-state index in [9.17, 15) is 23.1 Å². The Labute approximate surface area is 207 Å². The Morgan fingerprint density at radius 2 is 1.71 bits per heavy atom. The highest BCUT2D eigenvalue weighted by molar-refractivity contribution is 7.89. The minimum atomic E-state index is -4.06. The van der Waals surface area contributed by atoms with E-state index in [0.717, 1.165) is 20.6 Å². The van der Waals surface area contributed by atoms with Gasteiger partial charge in [-0.05, 0) is 47.4 Å². The number of nitrogens with one attached hydrogen (secondary N) is 1. The number of carbonyl (C=O) groups is 2. The van der Waals surface area contributed by atoms with Crippen molar-refractivity contribution < 1.29 is 23.1 Å². The first-order chi connectivity index (χ1) is 16.1. The summed E-state index contributed by atoms with van der Waals surface area (Å²) in [6.07, 6.45) is 0.810. The van der Waals surface area contributed by atoms with Gasteiger partial charge in [0.05, 0.1) is 4.90 Å². The molecule has 1 aliphatic heterocycles. The van der Waals surface area contributed by atoms with Crippen LogP contribution in [0.5, 0.6) is 0 Å². The zero-order valence-corrected chi connectivity index (χ0v) is 20.3. The number of carbonyl (C=O) groups excluding carboxylic acids is 1. The summed E-state index contributed by atoms with van der Waals surface area (Å²) in [5.41, 5.74) is 0.746. The van der Waals surface area contributed by atoms with E-state index in [1.54, 1.807) is 0 Å². The molecule has 34 heavy (non-hydrogen) atoms. The highest BCUT2D eigenvalue weighted by Gasteiger charge is 2.40. The van der Waals surface area contributed by atoms with E-state index < -0.39 is 34.0 Å². The Morgan fingerprint density at radius 1 is 1.03 bits per heavy atom. The molecule has 0 aliphatic carbocycles. The van der Waals surface area contributed by atoms with Crippen molar-refractivity contribution >= 4 is 55.9 Å². The second-order valence-electron chi connectivity index (χ2n) is 8.16. The molecule has 2 atom stereocenters. The number of amides is 1. The molecule has 1 amide bonds. The lowest BCUT2D eigenvalue weighted by molar-refractivity contribution is -0.142. The van der Waals surface area contributed by atoms with Gasteiger partial charge in [-0.3, -0.25) is 4.79 Å². The average Bonchev–Trinajstić information content (AvgIpc) is 3.29. The van der Waals surface area contributed by atoms with Gasteiger partial charge < -0.3 is 10.4 Å². The quantitative estimate of drug-likeness (QED) is 0.487. The number of hydrogen-bond donors (Lipinski definition) is 2. The first-order valence-electron chi connectivity index (χ1n) is 10.6. The van der Waals surface area contributed by atoms with Crippen molar-refractivity contribution in [3.8, 4) is 0 Å². The number of rotatable bonds is 7. The fourth-order valence-corrected chi connectivity index (χ4v) is 6.56. The van der Waals surface area contributed by atoms with Crippen molar-refractivity contribution in [2.45, 2.75) is 36.2 Å². The molecule has 0 aromatic heterocycles. The van der Waals surface area contributed by atoms with Gasteiger partial charge in [-0.15, -0.1) is 0 Å². The number of fused-ring (bicyclic) bond motifs is 1. The van der Waals surface area contributed by atoms with Crippen LogP contribution in [0.2, 0.25) is 10.0 Å². The van der Waals surface area contributed by atoms with Crippen LogP contribution in [0.25, 0.3) is 10.8 Å². The minimum Gasteiger partial charge on any atom is -0.480 e. The largest absolute Gasteiger partial charge is 0.480 e. The molecule has 0 bridgehead atoms. The van der Waals surface area contributed by atoms with E-state index in [-0.39, 0.29) is 34.3 Å². The van der Waals surface area contributed by atoms with Crippen molar-refractivity contribution in [3.05, 3.63) is 76.3 Å². The third-order valence-corrected chi connectivity index (χ3v) is 8.14. The minimum absolute atomic E-state index is 0.0648. The first-order valence-corrected chi connectivity index (χ1v) is 12.8. The van der Waals surface area contributed by atoms with E-state index in [4.69, 9.17) is 23.2 Å². The van der Waals surface area contributed by atoms with Gasteiger partial charge in [-0.1, -0.05) is 65.7 Å². The Kier molecular flexibility index (Phi) is 7.14. The van der Waals surface area contributed by atoms with E-state index in [0.29, 0.717) is 6.42 Å². The number of sulfonamides is 1. The second kappa shape index (κ2) is 9.92. The summed E-state index contributed by atoms with van der Waals surface area (Å²) in [5, 5.41) is 14.6. The maximum atomic E-state index is 13.2. The maximum Gasteiger partial charge on any atom is 0.326 e. The number of halogens is 2. The molecule has 7 nitrogen and oxygen atoms in total. The van der Waals surface area contributed by atoms with Gasteiger partial charge in [0.15, 0.2) is 0 Å². The van der Waals surface area contributed by atoms with Crippen LogP contribution >= 0.6 is 23.2 Å². The summed E-state index contributed by atoms with van der Waals surface area (Å²) < 4.78 is 27.5. The zero-order valence-electron chi connectivity index (χ0n) is 17.9. The number of carboxylic acid groups (broad SMARTS) is 1. The van der Waals surface area contributed by atoms with Crippen molar-refractivity contribution in [1.82, 2.24) is 9.62 Å². The predicted octanol–water partition coefficient (Wildman–Crippen LogP) is 4.11. The van der Waals surface area contributed by atoms with Crippen molar-refractivity contribution in [3.63, 3.8) is 0 Å². The molecule has 1 saturated heterocycles. The fraction of sp³-hybridized carbons (Fsp3) is 0.250. The molecule has 1 aliphatic rings. The summed E-state index contributed by atoms with van der Waals surface area (Å²) in [7, 11) is -4.06. The lowest BCUT2D eigenvalue weighted by Crippen LogP contribution is -2.51. The molecule has 10 heteroatoms. The molecular formula is C24H22Cl2N2O5S. The number of benzene rings is 3. The van der Waals surface area contributed by atoms with Gasteiger partial charge in [0, 0.05) is 23.0 Å². The van der Waals surface area contributed by atoms with Gasteiger partial charge in [0.25, 0.3) is 0 Å². The van der Waals surface area contributed by atoms with Crippen molar-refractivity contribution in [2.24, 2.45) is 0 Å². The van der Waals surface area contributed by atoms with Crippen LogP contribution in [0.4, 0.5) is 0 Å².